The SMILES string of the molecule is CCCCCCC(C)(C)C(=O)OCCC(CN1CC1)OC(=O)NCCCCCCN1C(=O)N(CCCCCCNC(=O)OCCOC)C(=O)N(CCCCCCNC(=O)OC(COC(=O)C(C)(C)CCCCCC)CN2CC2)C1O. The molecule has 0 aromatic heterocycles. The average molecular weight is 1140 g/mol. The Morgan fingerprint density at radius 3 is 1.43 bits per heavy atom. The Labute approximate surface area is 479 Å². The number of esters is 2. The van der Waals surface area contributed by atoms with E-state index in [4.69, 9.17) is 28.4 Å². The molecule has 3 aliphatic rings. The number of aliphatic hydroxyl groups excluding tert-OH is 1. The number of aliphatic hydroxyl groups is 1. The minimum atomic E-state index is -1.43. The molecule has 3 aliphatic heterocycles. The first-order valence-electron chi connectivity index (χ1n) is 30.6. The fourth-order valence-corrected chi connectivity index (χ4v) is 9.30. The van der Waals surface area contributed by atoms with Crippen LogP contribution in [0.5, 0.6) is 0 Å². The van der Waals surface area contributed by atoms with Gasteiger partial charge in [-0.3, -0.25) is 29.2 Å². The minimum Gasteiger partial charge on any atom is -0.465 e. The summed E-state index contributed by atoms with van der Waals surface area (Å²) in [6.07, 6.45) is 14.5. The fourth-order valence-electron chi connectivity index (χ4n) is 9.30. The summed E-state index contributed by atoms with van der Waals surface area (Å²) in [5, 5.41) is 19.9. The van der Waals surface area contributed by atoms with Crippen molar-refractivity contribution in [1.82, 2.24) is 40.4 Å². The lowest BCUT2D eigenvalue weighted by Gasteiger charge is -2.44. The van der Waals surface area contributed by atoms with E-state index < -0.39 is 59.7 Å². The molecule has 3 rings (SSSR count). The number of hydrogen-bond acceptors (Lipinski definition) is 16. The average Bonchev–Trinajstić information content (AvgIpc) is 4.39. The first-order chi connectivity index (χ1) is 38.4. The van der Waals surface area contributed by atoms with Crippen LogP contribution < -0.4 is 16.0 Å². The second kappa shape index (κ2) is 39.7. The molecule has 4 N–H and O–H groups in total. The van der Waals surface area contributed by atoms with Gasteiger partial charge in [-0.25, -0.2) is 28.9 Å². The van der Waals surface area contributed by atoms with Crippen LogP contribution in [0.25, 0.3) is 0 Å². The van der Waals surface area contributed by atoms with E-state index in [1.165, 1.54) is 21.8 Å². The van der Waals surface area contributed by atoms with Gasteiger partial charge < -0.3 is 49.5 Å². The highest BCUT2D eigenvalue weighted by Gasteiger charge is 2.42. The highest BCUT2D eigenvalue weighted by Crippen LogP contribution is 2.28. The maximum absolute atomic E-state index is 13.8. The Morgan fingerprint density at radius 1 is 0.525 bits per heavy atom. The third-order valence-corrected chi connectivity index (χ3v) is 14.8. The van der Waals surface area contributed by atoms with Crippen molar-refractivity contribution in [2.75, 3.05) is 112 Å². The maximum Gasteiger partial charge on any atom is 0.407 e. The van der Waals surface area contributed by atoms with Gasteiger partial charge in [-0.1, -0.05) is 104 Å². The number of nitrogens with zero attached hydrogens (tertiary/aromatic N) is 5. The molecule has 7 amide bonds. The van der Waals surface area contributed by atoms with E-state index >= 15 is 0 Å². The molecule has 0 aromatic carbocycles. The normalized spacial score (nSPS) is 16.5. The molecule has 0 bridgehead atoms. The Bertz CT molecular complexity index is 1800. The van der Waals surface area contributed by atoms with Gasteiger partial charge in [0.25, 0.3) is 0 Å². The van der Waals surface area contributed by atoms with Crippen LogP contribution in [0.4, 0.5) is 24.0 Å². The Hall–Kier alpha value is -4.67. The van der Waals surface area contributed by atoms with E-state index in [2.05, 4.69) is 39.6 Å². The standard InChI is InChI=1S/C58H106N8O14/c1-8-10-12-20-29-57(3,4)49(67)76-41-28-47(44-62-37-38-62)79-52(70)60-32-23-15-18-26-35-65-54(72)64(34-25-17-14-22-31-59-51(69)77-43-42-75-7)55(73)66(56(65)74)36-27-19-16-24-33-61-53(71)80-48(45-63-39-40-63)46-78-50(68)58(5,6)30-21-13-11-9-2/h47-48,56,74H,8-46H2,1-7H3,(H,59,69)(H,60,70)(H,61,71). The summed E-state index contributed by atoms with van der Waals surface area (Å²) >= 11 is 0. The van der Waals surface area contributed by atoms with Crippen molar-refractivity contribution in [3.8, 4) is 0 Å². The van der Waals surface area contributed by atoms with Crippen molar-refractivity contribution >= 4 is 42.3 Å². The number of carbonyl (C=O) groups is 7. The van der Waals surface area contributed by atoms with Gasteiger partial charge in [-0.2, -0.15) is 0 Å². The second-order valence-electron chi connectivity index (χ2n) is 23.2. The summed E-state index contributed by atoms with van der Waals surface area (Å²) in [6, 6.07) is -1.09. The predicted octanol–water partition coefficient (Wildman–Crippen LogP) is 8.77. The molecule has 22 heteroatoms. The first kappa shape index (κ1) is 69.6. The number of rotatable bonds is 47. The lowest BCUT2D eigenvalue weighted by molar-refractivity contribution is -0.157. The van der Waals surface area contributed by atoms with Gasteiger partial charge in [0.05, 0.1) is 24.0 Å². The number of ether oxygens (including phenoxy) is 6. The third-order valence-electron chi connectivity index (χ3n) is 14.8. The molecule has 22 nitrogen and oxygen atoms in total. The van der Waals surface area contributed by atoms with Gasteiger partial charge in [-0.05, 0) is 79.1 Å². The highest BCUT2D eigenvalue weighted by molar-refractivity contribution is 5.96. The number of alkyl carbamates (subject to hydrolysis) is 3. The summed E-state index contributed by atoms with van der Waals surface area (Å²) in [4.78, 5) is 99.2. The van der Waals surface area contributed by atoms with Gasteiger partial charge in [0, 0.05) is 92.1 Å². The second-order valence-corrected chi connectivity index (χ2v) is 23.2. The maximum atomic E-state index is 13.8. The van der Waals surface area contributed by atoms with Crippen LogP contribution in [0.2, 0.25) is 0 Å². The van der Waals surface area contributed by atoms with Crippen molar-refractivity contribution < 1.29 is 67.1 Å². The number of carbonyl (C=O) groups excluding carboxylic acids is 7. The molecule has 0 radical (unpaired) electrons. The van der Waals surface area contributed by atoms with Crippen LogP contribution in [-0.2, 0) is 38.0 Å². The molecule has 0 aromatic rings. The van der Waals surface area contributed by atoms with Crippen molar-refractivity contribution in [2.24, 2.45) is 10.8 Å². The summed E-state index contributed by atoms with van der Waals surface area (Å²) in [5.41, 5.74) is -1.18. The van der Waals surface area contributed by atoms with E-state index in [9.17, 15) is 38.7 Å². The molecular formula is C58H106N8O14. The number of urea groups is 2. The quantitative estimate of drug-likeness (QED) is 0.0192. The number of hydrogen-bond donors (Lipinski definition) is 4. The van der Waals surface area contributed by atoms with E-state index in [-0.39, 0.29) is 51.4 Å². The summed E-state index contributed by atoms with van der Waals surface area (Å²) < 4.78 is 32.7. The Morgan fingerprint density at radius 2 is 0.950 bits per heavy atom. The lowest BCUT2D eigenvalue weighted by Crippen LogP contribution is -2.66. The van der Waals surface area contributed by atoms with Gasteiger partial charge in [-0.15, -0.1) is 0 Å². The zero-order valence-corrected chi connectivity index (χ0v) is 50.3. The molecule has 3 atom stereocenters. The molecule has 3 unspecified atom stereocenters. The van der Waals surface area contributed by atoms with Crippen molar-refractivity contribution in [1.29, 1.82) is 0 Å². The van der Waals surface area contributed by atoms with Crippen LogP contribution in [0.3, 0.4) is 0 Å². The first-order valence-corrected chi connectivity index (χ1v) is 30.6. The topological polar surface area (TPSA) is 247 Å². The monoisotopic (exact) mass is 1140 g/mol. The van der Waals surface area contributed by atoms with Crippen molar-refractivity contribution in [3.05, 3.63) is 0 Å². The van der Waals surface area contributed by atoms with Gasteiger partial charge >= 0.3 is 42.3 Å². The molecule has 3 saturated heterocycles. The smallest absolute Gasteiger partial charge is 0.407 e. The largest absolute Gasteiger partial charge is 0.465 e. The third kappa shape index (κ3) is 29.9. The number of unbranched alkanes of at least 4 members (excludes halogenated alkanes) is 15. The zero-order chi connectivity index (χ0) is 58.6. The van der Waals surface area contributed by atoms with Gasteiger partial charge in [0.15, 0.2) is 6.10 Å². The lowest BCUT2D eigenvalue weighted by atomic mass is 9.87. The summed E-state index contributed by atoms with van der Waals surface area (Å²) in [6.45, 7) is 19.2. The van der Waals surface area contributed by atoms with E-state index in [0.717, 1.165) is 110 Å². The molecule has 80 heavy (non-hydrogen) atoms. The molecule has 3 heterocycles. The Kier molecular flexibility index (Phi) is 34.5. The van der Waals surface area contributed by atoms with Crippen molar-refractivity contribution in [3.63, 3.8) is 0 Å². The molecular weight excluding hydrogens is 1030 g/mol. The molecule has 462 valence electrons. The molecule has 0 spiro atoms. The zero-order valence-electron chi connectivity index (χ0n) is 50.3. The van der Waals surface area contributed by atoms with Crippen LogP contribution in [0.15, 0.2) is 0 Å². The van der Waals surface area contributed by atoms with Crippen LogP contribution in [-0.4, -0.2) is 203 Å². The fraction of sp³-hybridized carbons (Fsp3) is 0.879. The minimum absolute atomic E-state index is 0.00408. The number of methoxy groups -OCH3 is 1. The van der Waals surface area contributed by atoms with E-state index in [1.807, 2.05) is 27.7 Å². The number of nitrogens with one attached hydrogen (secondary N) is 3. The van der Waals surface area contributed by atoms with Crippen LogP contribution in [0.1, 0.15) is 189 Å². The molecule has 0 saturated carbocycles. The number of imide groups is 1. The molecule has 3 fully saturated rings. The summed E-state index contributed by atoms with van der Waals surface area (Å²) in [7, 11) is 1.53. The van der Waals surface area contributed by atoms with E-state index in [0.29, 0.717) is 104 Å². The van der Waals surface area contributed by atoms with Gasteiger partial charge in [0.1, 0.15) is 19.3 Å². The Balaban J connectivity index is 1.43. The van der Waals surface area contributed by atoms with E-state index in [1.54, 1.807) is 0 Å². The number of amides is 7. The highest BCUT2D eigenvalue weighted by atomic mass is 16.6. The van der Waals surface area contributed by atoms with Crippen molar-refractivity contribution in [2.45, 2.75) is 208 Å². The summed E-state index contributed by atoms with van der Waals surface area (Å²) in [5.74, 6) is -0.518. The van der Waals surface area contributed by atoms with Crippen LogP contribution in [0, 0.1) is 10.8 Å². The van der Waals surface area contributed by atoms with Crippen LogP contribution >= 0.6 is 0 Å². The van der Waals surface area contributed by atoms with Gasteiger partial charge in [0.2, 0.25) is 6.35 Å². The predicted molar refractivity (Wildman–Crippen MR) is 305 cm³/mol. The molecule has 0 aliphatic carbocycles.